The van der Waals surface area contributed by atoms with Crippen LogP contribution in [0.15, 0.2) is 17.1 Å². The largest absolute Gasteiger partial charge is 0.477 e. The van der Waals surface area contributed by atoms with Crippen molar-refractivity contribution in [3.63, 3.8) is 0 Å². The van der Waals surface area contributed by atoms with Gasteiger partial charge in [0.25, 0.3) is 0 Å². The number of carboxylic acid groups (broad SMARTS) is 1. The number of carbonyl (C=O) groups is 1. The monoisotopic (exact) mass is 264 g/mol. The Bertz CT molecular complexity index is 666. The van der Waals surface area contributed by atoms with Crippen LogP contribution in [0.5, 0.6) is 0 Å². The van der Waals surface area contributed by atoms with Crippen molar-refractivity contribution in [2.75, 3.05) is 0 Å². The molecule has 1 N–H and O–H groups in total. The van der Waals surface area contributed by atoms with Crippen LogP contribution in [0.2, 0.25) is 0 Å². The molecule has 2 aromatic heterocycles. The minimum atomic E-state index is -1.22. The first-order valence-electron chi connectivity index (χ1n) is 5.31. The zero-order valence-corrected chi connectivity index (χ0v) is 11.0. The molecular formula is C12H12N2O3S. The van der Waals surface area contributed by atoms with Gasteiger partial charge in [-0.1, -0.05) is 0 Å². The van der Waals surface area contributed by atoms with Crippen LogP contribution in [0, 0.1) is 20.8 Å². The molecule has 0 amide bonds. The Morgan fingerprint density at radius 3 is 2.56 bits per heavy atom. The molecule has 0 unspecified atom stereocenters. The summed E-state index contributed by atoms with van der Waals surface area (Å²) < 4.78 is 1.63. The second-order valence-corrected chi connectivity index (χ2v) is 5.19. The van der Waals surface area contributed by atoms with E-state index in [-0.39, 0.29) is 5.56 Å². The number of hydrogen-bond donors (Lipinski definition) is 1. The summed E-state index contributed by atoms with van der Waals surface area (Å²) in [5, 5.41) is 9.63. The molecule has 6 heteroatoms. The van der Waals surface area contributed by atoms with E-state index < -0.39 is 11.4 Å². The van der Waals surface area contributed by atoms with Crippen molar-refractivity contribution < 1.29 is 9.90 Å². The lowest BCUT2D eigenvalue weighted by Crippen LogP contribution is -2.18. The van der Waals surface area contributed by atoms with Crippen molar-refractivity contribution in [3.8, 4) is 5.13 Å². The van der Waals surface area contributed by atoms with Gasteiger partial charge < -0.3 is 5.11 Å². The van der Waals surface area contributed by atoms with Gasteiger partial charge in [0, 0.05) is 22.8 Å². The van der Waals surface area contributed by atoms with Crippen LogP contribution in [0.4, 0.5) is 0 Å². The van der Waals surface area contributed by atoms with Crippen molar-refractivity contribution in [2.24, 2.45) is 0 Å². The average molecular weight is 264 g/mol. The molecule has 0 saturated carbocycles. The number of aromatic carboxylic acids is 1. The summed E-state index contributed by atoms with van der Waals surface area (Å²) in [6.45, 7) is 5.59. The molecule has 0 aromatic carbocycles. The fraction of sp³-hybridized carbons (Fsp3) is 0.250. The highest BCUT2D eigenvalue weighted by Gasteiger charge is 2.13. The summed E-state index contributed by atoms with van der Waals surface area (Å²) in [6, 6.07) is 1.32. The van der Waals surface area contributed by atoms with Crippen molar-refractivity contribution in [2.45, 2.75) is 20.8 Å². The Hall–Kier alpha value is -1.95. The highest BCUT2D eigenvalue weighted by atomic mass is 32.1. The molecule has 0 atom stereocenters. The molecule has 0 saturated heterocycles. The van der Waals surface area contributed by atoms with Crippen LogP contribution in [0.1, 0.15) is 26.6 Å². The van der Waals surface area contributed by atoms with Gasteiger partial charge >= 0.3 is 5.97 Å². The normalized spacial score (nSPS) is 10.6. The van der Waals surface area contributed by atoms with E-state index in [0.717, 1.165) is 10.6 Å². The lowest BCUT2D eigenvalue weighted by molar-refractivity contribution is 0.0695. The summed E-state index contributed by atoms with van der Waals surface area (Å²) in [4.78, 5) is 27.9. The maximum atomic E-state index is 11.5. The third-order valence-corrected chi connectivity index (χ3v) is 3.77. The smallest absolute Gasteiger partial charge is 0.341 e. The summed E-state index contributed by atoms with van der Waals surface area (Å²) in [5.74, 6) is -1.22. The van der Waals surface area contributed by atoms with E-state index in [2.05, 4.69) is 4.98 Å². The topological polar surface area (TPSA) is 72.2 Å². The van der Waals surface area contributed by atoms with Gasteiger partial charge in [0.15, 0.2) is 10.6 Å². The van der Waals surface area contributed by atoms with E-state index in [1.807, 2.05) is 13.8 Å². The van der Waals surface area contributed by atoms with E-state index in [0.29, 0.717) is 10.8 Å². The number of carboxylic acids is 1. The second-order valence-electron chi connectivity index (χ2n) is 4.01. The standard InChI is InChI=1S/C12H12N2O3S/c1-6-4-10(15)9(11(16)17)5-14(6)12-13-7(2)8(3)18-12/h4-5H,1-3H3,(H,16,17). The molecule has 2 rings (SSSR count). The average Bonchev–Trinajstić information content (AvgIpc) is 2.58. The van der Waals surface area contributed by atoms with Crippen LogP contribution in [-0.4, -0.2) is 20.6 Å². The van der Waals surface area contributed by atoms with E-state index >= 15 is 0 Å². The predicted octanol–water partition coefficient (Wildman–Crippen LogP) is 1.92. The molecule has 0 aliphatic carbocycles. The van der Waals surface area contributed by atoms with Crippen LogP contribution in [-0.2, 0) is 0 Å². The van der Waals surface area contributed by atoms with Gasteiger partial charge in [0.05, 0.1) is 5.69 Å². The molecule has 0 aliphatic rings. The predicted molar refractivity (Wildman–Crippen MR) is 68.9 cm³/mol. The first-order chi connectivity index (χ1) is 8.40. The Morgan fingerprint density at radius 1 is 1.39 bits per heavy atom. The number of aromatic nitrogens is 2. The number of thiazole rings is 1. The molecule has 0 radical (unpaired) electrons. The molecular weight excluding hydrogens is 252 g/mol. The summed E-state index contributed by atoms with van der Waals surface area (Å²) in [5.41, 5.74) is 0.844. The van der Waals surface area contributed by atoms with E-state index in [1.54, 1.807) is 11.5 Å². The number of hydrogen-bond acceptors (Lipinski definition) is 4. The first-order valence-corrected chi connectivity index (χ1v) is 6.13. The minimum Gasteiger partial charge on any atom is -0.477 e. The molecule has 0 aliphatic heterocycles. The lowest BCUT2D eigenvalue weighted by atomic mass is 10.2. The zero-order valence-electron chi connectivity index (χ0n) is 10.2. The van der Waals surface area contributed by atoms with Gasteiger partial charge in [-0.25, -0.2) is 9.78 Å². The molecule has 5 nitrogen and oxygen atoms in total. The van der Waals surface area contributed by atoms with Crippen molar-refractivity contribution >= 4 is 17.3 Å². The van der Waals surface area contributed by atoms with Gasteiger partial charge in [-0.05, 0) is 20.8 Å². The van der Waals surface area contributed by atoms with Crippen LogP contribution < -0.4 is 5.43 Å². The van der Waals surface area contributed by atoms with Gasteiger partial charge in [0.2, 0.25) is 0 Å². The number of nitrogens with zero attached hydrogens (tertiary/aromatic N) is 2. The third-order valence-electron chi connectivity index (χ3n) is 2.70. The molecule has 0 bridgehead atoms. The summed E-state index contributed by atoms with van der Waals surface area (Å²) in [6.07, 6.45) is 1.33. The van der Waals surface area contributed by atoms with E-state index in [4.69, 9.17) is 5.11 Å². The molecule has 0 spiro atoms. The molecule has 2 heterocycles. The Balaban J connectivity index is 2.67. The molecule has 2 aromatic rings. The highest BCUT2D eigenvalue weighted by molar-refractivity contribution is 7.14. The number of aryl methyl sites for hydroxylation is 3. The SMILES string of the molecule is Cc1nc(-n2cc(C(=O)O)c(=O)cc2C)sc1C. The lowest BCUT2D eigenvalue weighted by Gasteiger charge is -2.07. The fourth-order valence-corrected chi connectivity index (χ4v) is 2.50. The van der Waals surface area contributed by atoms with Gasteiger partial charge in [-0.2, -0.15) is 0 Å². The fourth-order valence-electron chi connectivity index (χ4n) is 1.56. The summed E-state index contributed by atoms with van der Waals surface area (Å²) >= 11 is 1.46. The van der Waals surface area contributed by atoms with Crippen molar-refractivity contribution in [1.82, 2.24) is 9.55 Å². The van der Waals surface area contributed by atoms with E-state index in [9.17, 15) is 9.59 Å². The third kappa shape index (κ3) is 2.06. The van der Waals surface area contributed by atoms with Crippen molar-refractivity contribution in [1.29, 1.82) is 0 Å². The van der Waals surface area contributed by atoms with Crippen molar-refractivity contribution in [3.05, 3.63) is 44.3 Å². The Kier molecular flexibility index (Phi) is 3.04. The van der Waals surface area contributed by atoms with Crippen LogP contribution in [0.25, 0.3) is 5.13 Å². The maximum Gasteiger partial charge on any atom is 0.341 e. The molecule has 18 heavy (non-hydrogen) atoms. The maximum absolute atomic E-state index is 11.5. The van der Waals surface area contributed by atoms with Gasteiger partial charge in [0.1, 0.15) is 5.56 Å². The van der Waals surface area contributed by atoms with Gasteiger partial charge in [-0.3, -0.25) is 9.36 Å². The van der Waals surface area contributed by atoms with Crippen LogP contribution >= 0.6 is 11.3 Å². The summed E-state index contributed by atoms with van der Waals surface area (Å²) in [7, 11) is 0. The molecule has 0 fully saturated rings. The minimum absolute atomic E-state index is 0.244. The Morgan fingerprint density at radius 2 is 2.06 bits per heavy atom. The van der Waals surface area contributed by atoms with Gasteiger partial charge in [-0.15, -0.1) is 11.3 Å². The Labute approximate surface area is 107 Å². The number of rotatable bonds is 2. The molecule has 94 valence electrons. The second kappa shape index (κ2) is 4.38. The first kappa shape index (κ1) is 12.5. The van der Waals surface area contributed by atoms with Crippen LogP contribution in [0.3, 0.4) is 0 Å². The highest BCUT2D eigenvalue weighted by Crippen LogP contribution is 2.21. The quantitative estimate of drug-likeness (QED) is 0.899. The van der Waals surface area contributed by atoms with E-state index in [1.165, 1.54) is 23.6 Å². The zero-order chi connectivity index (χ0) is 13.4. The number of pyridine rings is 1.